The van der Waals surface area contributed by atoms with Gasteiger partial charge in [0.1, 0.15) is 6.04 Å². The predicted molar refractivity (Wildman–Crippen MR) is 62.3 cm³/mol. The number of nitrogens with one attached hydrogen (secondary N) is 1. The van der Waals surface area contributed by atoms with Crippen LogP contribution in [0, 0.1) is 5.92 Å². The number of methoxy groups -OCH3 is 1. The Morgan fingerprint density at radius 3 is 2.59 bits per heavy atom. The van der Waals surface area contributed by atoms with Crippen LogP contribution in [0.4, 0.5) is 0 Å². The minimum Gasteiger partial charge on any atom is -0.467 e. The Kier molecular flexibility index (Phi) is 3.99. The number of ether oxygens (including phenoxy) is 1. The average Bonchev–Trinajstić information content (AvgIpc) is 2.87. The lowest BCUT2D eigenvalue weighted by Crippen LogP contribution is -2.46. The van der Waals surface area contributed by atoms with Crippen molar-refractivity contribution in [2.45, 2.75) is 31.7 Å². The molecule has 2 aliphatic rings. The molecule has 2 saturated heterocycles. The lowest BCUT2D eigenvalue weighted by atomic mass is 9.96. The lowest BCUT2D eigenvalue weighted by Gasteiger charge is -2.29. The summed E-state index contributed by atoms with van der Waals surface area (Å²) < 4.78 is 4.76. The van der Waals surface area contributed by atoms with E-state index < -0.39 is 0 Å². The highest BCUT2D eigenvalue weighted by atomic mass is 16.5. The molecule has 0 saturated carbocycles. The zero-order valence-corrected chi connectivity index (χ0v) is 10.3. The van der Waals surface area contributed by atoms with Crippen molar-refractivity contribution < 1.29 is 14.3 Å². The van der Waals surface area contributed by atoms with Crippen LogP contribution < -0.4 is 5.32 Å². The number of carbonyl (C=O) groups is 2. The Labute approximate surface area is 101 Å². The molecule has 0 bridgehead atoms. The van der Waals surface area contributed by atoms with Crippen molar-refractivity contribution in [1.29, 1.82) is 0 Å². The maximum atomic E-state index is 12.3. The highest BCUT2D eigenvalue weighted by molar-refractivity contribution is 5.86. The molecule has 1 amide bonds. The summed E-state index contributed by atoms with van der Waals surface area (Å²) in [5, 5.41) is 3.24. The minimum atomic E-state index is -0.345. The van der Waals surface area contributed by atoms with E-state index in [1.54, 1.807) is 4.90 Å². The van der Waals surface area contributed by atoms with Crippen LogP contribution in [0.15, 0.2) is 0 Å². The summed E-state index contributed by atoms with van der Waals surface area (Å²) in [7, 11) is 1.38. The largest absolute Gasteiger partial charge is 0.467 e. The first-order valence-corrected chi connectivity index (χ1v) is 6.33. The molecule has 2 fully saturated rings. The summed E-state index contributed by atoms with van der Waals surface area (Å²) in [6.45, 7) is 2.49. The summed E-state index contributed by atoms with van der Waals surface area (Å²) in [4.78, 5) is 25.6. The Bertz CT molecular complexity index is 300. The molecule has 0 spiro atoms. The zero-order valence-electron chi connectivity index (χ0n) is 10.3. The van der Waals surface area contributed by atoms with Crippen LogP contribution in [-0.4, -0.2) is 49.6 Å². The fourth-order valence-electron chi connectivity index (χ4n) is 2.71. The molecule has 0 aromatic heterocycles. The second-order valence-corrected chi connectivity index (χ2v) is 4.74. The maximum Gasteiger partial charge on any atom is 0.328 e. The molecule has 0 radical (unpaired) electrons. The second kappa shape index (κ2) is 5.49. The third-order valence-corrected chi connectivity index (χ3v) is 3.70. The topological polar surface area (TPSA) is 58.6 Å². The van der Waals surface area contributed by atoms with Gasteiger partial charge in [-0.3, -0.25) is 4.79 Å². The van der Waals surface area contributed by atoms with Gasteiger partial charge in [-0.25, -0.2) is 4.79 Å². The van der Waals surface area contributed by atoms with E-state index in [0.717, 1.165) is 38.8 Å². The molecule has 2 rings (SSSR count). The summed E-state index contributed by atoms with van der Waals surface area (Å²) in [5.74, 6) is -0.0503. The van der Waals surface area contributed by atoms with E-state index in [1.807, 2.05) is 0 Å². The highest BCUT2D eigenvalue weighted by Gasteiger charge is 2.37. The van der Waals surface area contributed by atoms with Crippen LogP contribution in [0.25, 0.3) is 0 Å². The van der Waals surface area contributed by atoms with Crippen molar-refractivity contribution in [3.8, 4) is 0 Å². The number of hydrogen-bond donors (Lipinski definition) is 1. The quantitative estimate of drug-likeness (QED) is 0.698. The van der Waals surface area contributed by atoms with Gasteiger partial charge < -0.3 is 15.0 Å². The van der Waals surface area contributed by atoms with E-state index >= 15 is 0 Å². The molecule has 1 N–H and O–H groups in total. The van der Waals surface area contributed by atoms with Gasteiger partial charge in [0.25, 0.3) is 0 Å². The van der Waals surface area contributed by atoms with Gasteiger partial charge in [0.05, 0.1) is 7.11 Å². The number of esters is 1. The van der Waals surface area contributed by atoms with Crippen molar-refractivity contribution in [2.24, 2.45) is 5.92 Å². The van der Waals surface area contributed by atoms with Crippen molar-refractivity contribution in [3.05, 3.63) is 0 Å². The fraction of sp³-hybridized carbons (Fsp3) is 0.833. The second-order valence-electron chi connectivity index (χ2n) is 4.74. The molecule has 17 heavy (non-hydrogen) atoms. The van der Waals surface area contributed by atoms with E-state index in [0.29, 0.717) is 6.54 Å². The van der Waals surface area contributed by atoms with E-state index in [2.05, 4.69) is 5.32 Å². The predicted octanol–water partition coefficient (Wildman–Crippen LogP) is 0.150. The maximum absolute atomic E-state index is 12.3. The molecule has 96 valence electrons. The molecule has 1 unspecified atom stereocenters. The molecule has 0 aromatic carbocycles. The number of rotatable bonds is 2. The Morgan fingerprint density at radius 2 is 1.94 bits per heavy atom. The van der Waals surface area contributed by atoms with Crippen LogP contribution in [0.2, 0.25) is 0 Å². The van der Waals surface area contributed by atoms with Crippen molar-refractivity contribution >= 4 is 11.9 Å². The molecule has 2 aliphatic heterocycles. The number of nitrogens with zero attached hydrogens (tertiary/aromatic N) is 1. The first-order valence-electron chi connectivity index (χ1n) is 6.33. The third-order valence-electron chi connectivity index (χ3n) is 3.70. The van der Waals surface area contributed by atoms with Crippen LogP contribution in [0.1, 0.15) is 25.7 Å². The smallest absolute Gasteiger partial charge is 0.328 e. The van der Waals surface area contributed by atoms with Gasteiger partial charge in [0, 0.05) is 12.5 Å². The van der Waals surface area contributed by atoms with E-state index in [1.165, 1.54) is 7.11 Å². The fourth-order valence-corrected chi connectivity index (χ4v) is 2.71. The van der Waals surface area contributed by atoms with Gasteiger partial charge in [-0.1, -0.05) is 0 Å². The van der Waals surface area contributed by atoms with Crippen LogP contribution in [0.5, 0.6) is 0 Å². The zero-order chi connectivity index (χ0) is 12.3. The SMILES string of the molecule is COC(=O)C1CCCN1C(=O)C1CCNCC1. The molecular weight excluding hydrogens is 220 g/mol. The molecule has 0 aromatic rings. The van der Waals surface area contributed by atoms with Crippen molar-refractivity contribution in [3.63, 3.8) is 0 Å². The van der Waals surface area contributed by atoms with E-state index in [4.69, 9.17) is 4.74 Å². The summed E-state index contributed by atoms with van der Waals surface area (Å²) >= 11 is 0. The van der Waals surface area contributed by atoms with Crippen molar-refractivity contribution in [2.75, 3.05) is 26.7 Å². The first-order chi connectivity index (χ1) is 8.24. The van der Waals surface area contributed by atoms with E-state index in [-0.39, 0.29) is 23.8 Å². The normalized spacial score (nSPS) is 25.9. The molecular formula is C12H20N2O3. The Balaban J connectivity index is 1.99. The van der Waals surface area contributed by atoms with Crippen LogP contribution in [-0.2, 0) is 14.3 Å². The van der Waals surface area contributed by atoms with Gasteiger partial charge in [0.15, 0.2) is 0 Å². The number of carbonyl (C=O) groups excluding carboxylic acids is 2. The van der Waals surface area contributed by atoms with Gasteiger partial charge in [-0.05, 0) is 38.8 Å². The van der Waals surface area contributed by atoms with Gasteiger partial charge in [-0.2, -0.15) is 0 Å². The first kappa shape index (κ1) is 12.4. The minimum absolute atomic E-state index is 0.0847. The van der Waals surface area contributed by atoms with Crippen molar-refractivity contribution in [1.82, 2.24) is 10.2 Å². The number of amides is 1. The molecule has 1 atom stereocenters. The third kappa shape index (κ3) is 2.60. The Hall–Kier alpha value is -1.10. The van der Waals surface area contributed by atoms with E-state index in [9.17, 15) is 9.59 Å². The number of hydrogen-bond acceptors (Lipinski definition) is 4. The summed E-state index contributed by atoms with van der Waals surface area (Å²) in [6.07, 6.45) is 3.40. The van der Waals surface area contributed by atoms with Crippen LogP contribution in [0.3, 0.4) is 0 Å². The number of piperidine rings is 1. The van der Waals surface area contributed by atoms with Crippen LogP contribution >= 0.6 is 0 Å². The molecule has 5 heteroatoms. The number of likely N-dealkylation sites (tertiary alicyclic amines) is 1. The monoisotopic (exact) mass is 240 g/mol. The highest BCUT2D eigenvalue weighted by Crippen LogP contribution is 2.24. The van der Waals surface area contributed by atoms with Gasteiger partial charge in [0.2, 0.25) is 5.91 Å². The molecule has 5 nitrogen and oxygen atoms in total. The Morgan fingerprint density at radius 1 is 1.24 bits per heavy atom. The average molecular weight is 240 g/mol. The molecule has 2 heterocycles. The van der Waals surface area contributed by atoms with Gasteiger partial charge >= 0.3 is 5.97 Å². The summed E-state index contributed by atoms with van der Waals surface area (Å²) in [6, 6.07) is -0.345. The standard InChI is InChI=1S/C12H20N2O3/c1-17-12(16)10-3-2-8-14(10)11(15)9-4-6-13-7-5-9/h9-10,13H,2-8H2,1H3. The lowest BCUT2D eigenvalue weighted by molar-refractivity contribution is -0.152. The molecule has 0 aliphatic carbocycles. The summed E-state index contributed by atoms with van der Waals surface area (Å²) in [5.41, 5.74) is 0. The van der Waals surface area contributed by atoms with Gasteiger partial charge in [-0.15, -0.1) is 0 Å².